The summed E-state index contributed by atoms with van der Waals surface area (Å²) in [5.74, 6) is -0.405. The quantitative estimate of drug-likeness (QED) is 0.695. The largest absolute Gasteiger partial charge is 0.481 e. The summed E-state index contributed by atoms with van der Waals surface area (Å²) in [5.41, 5.74) is 0. The number of piperidine rings is 1. The van der Waals surface area contributed by atoms with Crippen molar-refractivity contribution in [1.29, 1.82) is 0 Å². The average Bonchev–Trinajstić information content (AvgIpc) is 2.44. The van der Waals surface area contributed by atoms with Crippen molar-refractivity contribution in [2.75, 3.05) is 19.7 Å². The maximum Gasteiger partial charge on any atom is 0.303 e. The fourth-order valence-electron chi connectivity index (χ4n) is 2.56. The molecule has 5 nitrogen and oxygen atoms in total. The second-order valence-electron chi connectivity index (χ2n) is 5.59. The molecule has 1 heterocycles. The first kappa shape index (κ1) is 17.0. The molecule has 1 fully saturated rings. The highest BCUT2D eigenvalue weighted by molar-refractivity contribution is 5.80. The highest BCUT2D eigenvalue weighted by atomic mass is 16.5. The van der Waals surface area contributed by atoms with Gasteiger partial charge in [0.15, 0.2) is 0 Å². The summed E-state index contributed by atoms with van der Waals surface area (Å²) in [4.78, 5) is 24.7. The van der Waals surface area contributed by atoms with E-state index in [1.54, 1.807) is 6.92 Å². The van der Waals surface area contributed by atoms with E-state index in [1.807, 2.05) is 4.90 Å². The van der Waals surface area contributed by atoms with Gasteiger partial charge in [0.1, 0.15) is 6.10 Å². The van der Waals surface area contributed by atoms with Crippen molar-refractivity contribution in [3.63, 3.8) is 0 Å². The number of carbonyl (C=O) groups is 2. The molecular weight excluding hydrogens is 258 g/mol. The van der Waals surface area contributed by atoms with Crippen LogP contribution >= 0.6 is 0 Å². The van der Waals surface area contributed by atoms with Gasteiger partial charge < -0.3 is 14.7 Å². The maximum absolute atomic E-state index is 12.3. The smallest absolute Gasteiger partial charge is 0.303 e. The van der Waals surface area contributed by atoms with Gasteiger partial charge in [-0.3, -0.25) is 9.59 Å². The minimum absolute atomic E-state index is 0.0427. The molecule has 1 amide bonds. The second kappa shape index (κ2) is 8.95. The molecule has 5 heteroatoms. The molecule has 1 aliphatic rings. The van der Waals surface area contributed by atoms with Crippen molar-refractivity contribution in [1.82, 2.24) is 4.90 Å². The van der Waals surface area contributed by atoms with E-state index in [-0.39, 0.29) is 18.4 Å². The Morgan fingerprint density at radius 3 is 2.85 bits per heavy atom. The van der Waals surface area contributed by atoms with Crippen LogP contribution in [-0.2, 0) is 14.3 Å². The van der Waals surface area contributed by atoms with Crippen LogP contribution < -0.4 is 0 Å². The van der Waals surface area contributed by atoms with E-state index in [1.165, 1.54) is 0 Å². The van der Waals surface area contributed by atoms with Gasteiger partial charge in [-0.15, -0.1) is 0 Å². The van der Waals surface area contributed by atoms with Gasteiger partial charge in [0, 0.05) is 26.1 Å². The van der Waals surface area contributed by atoms with Gasteiger partial charge in [-0.25, -0.2) is 0 Å². The van der Waals surface area contributed by atoms with Crippen LogP contribution in [-0.4, -0.2) is 47.7 Å². The molecule has 0 saturated carbocycles. The fourth-order valence-corrected chi connectivity index (χ4v) is 2.56. The van der Waals surface area contributed by atoms with Gasteiger partial charge in [-0.2, -0.15) is 0 Å². The van der Waals surface area contributed by atoms with Gasteiger partial charge >= 0.3 is 5.97 Å². The van der Waals surface area contributed by atoms with E-state index >= 15 is 0 Å². The summed E-state index contributed by atoms with van der Waals surface area (Å²) in [7, 11) is 0. The lowest BCUT2D eigenvalue weighted by Crippen LogP contribution is -2.45. The highest BCUT2D eigenvalue weighted by Gasteiger charge is 2.27. The zero-order valence-corrected chi connectivity index (χ0v) is 12.6. The van der Waals surface area contributed by atoms with E-state index in [2.05, 4.69) is 6.92 Å². The normalized spacial score (nSPS) is 20.7. The van der Waals surface area contributed by atoms with Crippen LogP contribution in [0.2, 0.25) is 0 Å². The number of hydrogen-bond donors (Lipinski definition) is 1. The first-order chi connectivity index (χ1) is 9.54. The number of carboxylic acids is 1. The van der Waals surface area contributed by atoms with Crippen LogP contribution in [0.4, 0.5) is 0 Å². The molecule has 0 bridgehead atoms. The molecule has 2 atom stereocenters. The molecule has 0 spiro atoms. The first-order valence-corrected chi connectivity index (χ1v) is 7.66. The Bertz CT molecular complexity index is 319. The summed E-state index contributed by atoms with van der Waals surface area (Å²) < 4.78 is 5.55. The minimum Gasteiger partial charge on any atom is -0.481 e. The Balaban J connectivity index is 2.37. The SMILES string of the molecule is CCCCO[C@@H](C)C(=O)N1CCC[C@H](CCC(=O)O)C1. The first-order valence-electron chi connectivity index (χ1n) is 7.66. The Morgan fingerprint density at radius 1 is 1.45 bits per heavy atom. The minimum atomic E-state index is -0.760. The standard InChI is InChI=1S/C15H27NO4/c1-3-4-10-20-12(2)15(19)16-9-5-6-13(11-16)7-8-14(17)18/h12-13H,3-11H2,1-2H3,(H,17,18)/t12-,13+/m0/s1. The molecule has 0 unspecified atom stereocenters. The molecule has 0 aromatic rings. The number of nitrogens with zero attached hydrogens (tertiary/aromatic N) is 1. The van der Waals surface area contributed by atoms with Crippen molar-refractivity contribution in [3.8, 4) is 0 Å². The molecule has 0 radical (unpaired) electrons. The van der Waals surface area contributed by atoms with E-state index in [0.717, 1.165) is 32.2 Å². The monoisotopic (exact) mass is 285 g/mol. The zero-order valence-electron chi connectivity index (χ0n) is 12.6. The van der Waals surface area contributed by atoms with Crippen molar-refractivity contribution < 1.29 is 19.4 Å². The fraction of sp³-hybridized carbons (Fsp3) is 0.867. The number of likely N-dealkylation sites (tertiary alicyclic amines) is 1. The second-order valence-corrected chi connectivity index (χ2v) is 5.59. The summed E-state index contributed by atoms with van der Waals surface area (Å²) in [6, 6.07) is 0. The van der Waals surface area contributed by atoms with Crippen LogP contribution in [0.15, 0.2) is 0 Å². The van der Waals surface area contributed by atoms with Crippen LogP contribution in [0, 0.1) is 5.92 Å². The zero-order chi connectivity index (χ0) is 15.0. The van der Waals surface area contributed by atoms with E-state index in [9.17, 15) is 9.59 Å². The summed E-state index contributed by atoms with van der Waals surface area (Å²) in [6.07, 6.45) is 4.46. The molecular formula is C15H27NO4. The lowest BCUT2D eigenvalue weighted by Gasteiger charge is -2.34. The molecule has 0 aromatic heterocycles. The molecule has 20 heavy (non-hydrogen) atoms. The number of amides is 1. The number of hydrogen-bond acceptors (Lipinski definition) is 3. The van der Waals surface area contributed by atoms with Crippen LogP contribution in [0.3, 0.4) is 0 Å². The Hall–Kier alpha value is -1.10. The number of carboxylic acid groups (broad SMARTS) is 1. The van der Waals surface area contributed by atoms with Crippen molar-refractivity contribution >= 4 is 11.9 Å². The van der Waals surface area contributed by atoms with E-state index < -0.39 is 5.97 Å². The summed E-state index contributed by atoms with van der Waals surface area (Å²) in [6.45, 7) is 5.96. The number of carbonyl (C=O) groups excluding carboxylic acids is 1. The van der Waals surface area contributed by atoms with Gasteiger partial charge in [-0.1, -0.05) is 13.3 Å². The number of aliphatic carboxylic acids is 1. The predicted molar refractivity (Wildman–Crippen MR) is 76.5 cm³/mol. The molecule has 0 aromatic carbocycles. The number of rotatable bonds is 8. The summed E-state index contributed by atoms with van der Waals surface area (Å²) >= 11 is 0. The molecule has 1 N–H and O–H groups in total. The predicted octanol–water partition coefficient (Wildman–Crippen LogP) is 2.29. The molecule has 1 rings (SSSR count). The van der Waals surface area contributed by atoms with Crippen LogP contribution in [0.25, 0.3) is 0 Å². The highest BCUT2D eigenvalue weighted by Crippen LogP contribution is 2.21. The molecule has 1 saturated heterocycles. The maximum atomic E-state index is 12.3. The summed E-state index contributed by atoms with van der Waals surface area (Å²) in [5, 5.41) is 8.73. The van der Waals surface area contributed by atoms with Crippen LogP contribution in [0.5, 0.6) is 0 Å². The third-order valence-electron chi connectivity index (χ3n) is 3.81. The van der Waals surface area contributed by atoms with Crippen molar-refractivity contribution in [3.05, 3.63) is 0 Å². The molecule has 0 aliphatic carbocycles. The third kappa shape index (κ3) is 5.90. The van der Waals surface area contributed by atoms with Crippen molar-refractivity contribution in [2.24, 2.45) is 5.92 Å². The van der Waals surface area contributed by atoms with Gasteiger partial charge in [-0.05, 0) is 38.5 Å². The Labute approximate surface area is 121 Å². The third-order valence-corrected chi connectivity index (χ3v) is 3.81. The molecule has 116 valence electrons. The Morgan fingerprint density at radius 2 is 2.20 bits per heavy atom. The van der Waals surface area contributed by atoms with E-state index in [0.29, 0.717) is 25.5 Å². The van der Waals surface area contributed by atoms with Crippen molar-refractivity contribution in [2.45, 2.75) is 58.5 Å². The number of unbranched alkanes of at least 4 members (excludes halogenated alkanes) is 1. The van der Waals surface area contributed by atoms with Gasteiger partial charge in [0.25, 0.3) is 5.91 Å². The van der Waals surface area contributed by atoms with E-state index in [4.69, 9.17) is 9.84 Å². The van der Waals surface area contributed by atoms with Gasteiger partial charge in [0.05, 0.1) is 0 Å². The lowest BCUT2D eigenvalue weighted by molar-refractivity contribution is -0.144. The van der Waals surface area contributed by atoms with Gasteiger partial charge in [0.2, 0.25) is 0 Å². The number of ether oxygens (including phenoxy) is 1. The topological polar surface area (TPSA) is 66.8 Å². The lowest BCUT2D eigenvalue weighted by atomic mass is 9.93. The van der Waals surface area contributed by atoms with Crippen LogP contribution in [0.1, 0.15) is 52.4 Å². The average molecular weight is 285 g/mol. The molecule has 1 aliphatic heterocycles. The Kier molecular flexibility index (Phi) is 7.59.